The summed E-state index contributed by atoms with van der Waals surface area (Å²) in [6, 6.07) is 8.98. The highest BCUT2D eigenvalue weighted by atomic mass is 19.4. The van der Waals surface area contributed by atoms with E-state index < -0.39 is 29.3 Å². The SMILES string of the molecule is NC(=O)C1(OC(=O)N2CCc3ccc(C(F)(F)F)cc32)CCC(CCN2CCC(C(=O)c3ccc(F)cc3)CC2)CC1. The number of primary amides is 1. The van der Waals surface area contributed by atoms with Crippen molar-refractivity contribution in [2.24, 2.45) is 17.6 Å². The average molecular weight is 590 g/mol. The van der Waals surface area contributed by atoms with Gasteiger partial charge in [-0.15, -0.1) is 0 Å². The molecule has 1 saturated heterocycles. The number of alkyl halides is 3. The summed E-state index contributed by atoms with van der Waals surface area (Å²) >= 11 is 0. The molecule has 0 atom stereocenters. The number of piperidine rings is 1. The zero-order chi connectivity index (χ0) is 30.1. The van der Waals surface area contributed by atoms with Crippen LogP contribution in [0.4, 0.5) is 28.0 Å². The Balaban J connectivity index is 1.11. The highest BCUT2D eigenvalue weighted by molar-refractivity contribution is 5.98. The minimum Gasteiger partial charge on any atom is -0.432 e. The van der Waals surface area contributed by atoms with Crippen LogP contribution in [0.5, 0.6) is 0 Å². The Kier molecular flexibility index (Phi) is 8.59. The van der Waals surface area contributed by atoms with Crippen molar-refractivity contribution in [3.05, 3.63) is 65.0 Å². The molecule has 226 valence electrons. The topological polar surface area (TPSA) is 92.9 Å². The van der Waals surface area contributed by atoms with Gasteiger partial charge in [-0.25, -0.2) is 9.18 Å². The van der Waals surface area contributed by atoms with Crippen LogP contribution in [-0.2, 0) is 22.1 Å². The van der Waals surface area contributed by atoms with Gasteiger partial charge in [0.1, 0.15) is 5.82 Å². The highest BCUT2D eigenvalue weighted by Crippen LogP contribution is 2.40. The Bertz CT molecular complexity index is 1310. The summed E-state index contributed by atoms with van der Waals surface area (Å²) in [6.45, 7) is 2.59. The number of amides is 2. The first-order valence-corrected chi connectivity index (χ1v) is 14.5. The predicted octanol–water partition coefficient (Wildman–Crippen LogP) is 5.74. The number of hydrogen-bond acceptors (Lipinski definition) is 5. The molecule has 2 amide bonds. The van der Waals surface area contributed by atoms with Crippen molar-refractivity contribution in [2.45, 2.75) is 63.1 Å². The average Bonchev–Trinajstić information content (AvgIpc) is 3.40. The lowest BCUT2D eigenvalue weighted by atomic mass is 9.77. The van der Waals surface area contributed by atoms with E-state index in [2.05, 4.69) is 4.90 Å². The van der Waals surface area contributed by atoms with Crippen LogP contribution in [0.25, 0.3) is 0 Å². The van der Waals surface area contributed by atoms with Crippen molar-refractivity contribution in [1.29, 1.82) is 0 Å². The number of carbonyl (C=O) groups excluding carboxylic acids is 3. The second kappa shape index (κ2) is 12.0. The first-order valence-electron chi connectivity index (χ1n) is 14.5. The van der Waals surface area contributed by atoms with Crippen LogP contribution >= 0.6 is 0 Å². The van der Waals surface area contributed by atoms with Crippen molar-refractivity contribution in [3.63, 3.8) is 0 Å². The fourth-order valence-electron chi connectivity index (χ4n) is 6.43. The number of fused-ring (bicyclic) bond motifs is 1. The third-order valence-corrected chi connectivity index (χ3v) is 9.11. The summed E-state index contributed by atoms with van der Waals surface area (Å²) in [5, 5.41) is 0. The number of benzene rings is 2. The van der Waals surface area contributed by atoms with E-state index in [4.69, 9.17) is 10.5 Å². The van der Waals surface area contributed by atoms with Gasteiger partial charge in [0.25, 0.3) is 5.91 Å². The first-order chi connectivity index (χ1) is 19.9. The maximum atomic E-state index is 13.2. The van der Waals surface area contributed by atoms with E-state index in [9.17, 15) is 31.9 Å². The number of Topliss-reactive ketones (excluding diaryl/α,β-unsaturated/α-hetero) is 1. The molecule has 2 aromatic rings. The van der Waals surface area contributed by atoms with Crippen LogP contribution in [0, 0.1) is 17.7 Å². The normalized spacial score (nSPS) is 23.4. The molecule has 0 bridgehead atoms. The van der Waals surface area contributed by atoms with Crippen molar-refractivity contribution >= 4 is 23.5 Å². The zero-order valence-corrected chi connectivity index (χ0v) is 23.3. The molecule has 0 aromatic heterocycles. The van der Waals surface area contributed by atoms with Gasteiger partial charge in [-0.3, -0.25) is 14.5 Å². The third-order valence-electron chi connectivity index (χ3n) is 9.11. The van der Waals surface area contributed by atoms with Gasteiger partial charge in [0, 0.05) is 18.0 Å². The van der Waals surface area contributed by atoms with Crippen LogP contribution in [0.3, 0.4) is 0 Å². The van der Waals surface area contributed by atoms with E-state index in [1.54, 1.807) is 0 Å². The van der Waals surface area contributed by atoms with Gasteiger partial charge in [0.15, 0.2) is 11.4 Å². The Hall–Kier alpha value is -3.47. The molecule has 11 heteroatoms. The number of carbonyl (C=O) groups is 3. The van der Waals surface area contributed by atoms with Gasteiger partial charge in [-0.1, -0.05) is 6.07 Å². The van der Waals surface area contributed by atoms with Gasteiger partial charge >= 0.3 is 12.3 Å². The summed E-state index contributed by atoms with van der Waals surface area (Å²) in [5.41, 5.74) is 4.66. The smallest absolute Gasteiger partial charge is 0.416 e. The van der Waals surface area contributed by atoms with Gasteiger partial charge in [0.2, 0.25) is 0 Å². The number of anilines is 1. The van der Waals surface area contributed by atoms with E-state index in [1.165, 1.54) is 30.3 Å². The monoisotopic (exact) mass is 589 g/mol. The first kappa shape index (κ1) is 30.0. The fraction of sp³-hybridized carbons (Fsp3) is 0.516. The second-order valence-corrected chi connectivity index (χ2v) is 11.7. The number of nitrogens with two attached hydrogens (primary N) is 1. The van der Waals surface area contributed by atoms with Gasteiger partial charge in [-0.2, -0.15) is 13.2 Å². The molecule has 42 heavy (non-hydrogen) atoms. The molecule has 3 aliphatic rings. The number of halogens is 4. The van der Waals surface area contributed by atoms with Crippen molar-refractivity contribution in [3.8, 4) is 0 Å². The van der Waals surface area contributed by atoms with Crippen LogP contribution < -0.4 is 10.6 Å². The number of ketones is 1. The molecule has 0 spiro atoms. The van der Waals surface area contributed by atoms with Crippen LogP contribution in [0.2, 0.25) is 0 Å². The summed E-state index contributed by atoms with van der Waals surface area (Å²) in [7, 11) is 0. The molecule has 7 nitrogen and oxygen atoms in total. The van der Waals surface area contributed by atoms with Crippen molar-refractivity contribution in [1.82, 2.24) is 4.90 Å². The lowest BCUT2D eigenvalue weighted by Crippen LogP contribution is -2.52. The lowest BCUT2D eigenvalue weighted by Gasteiger charge is -2.39. The molecule has 0 unspecified atom stereocenters. The number of nitrogens with zero attached hydrogens (tertiary/aromatic N) is 2. The lowest BCUT2D eigenvalue weighted by molar-refractivity contribution is -0.140. The van der Waals surface area contributed by atoms with Crippen molar-refractivity contribution in [2.75, 3.05) is 31.1 Å². The van der Waals surface area contributed by atoms with Crippen LogP contribution in [0.1, 0.15) is 66.4 Å². The Morgan fingerprint density at radius 2 is 1.62 bits per heavy atom. The molecule has 2 fully saturated rings. The summed E-state index contributed by atoms with van der Waals surface area (Å²) < 4.78 is 58.6. The second-order valence-electron chi connectivity index (χ2n) is 11.7. The minimum atomic E-state index is -4.54. The van der Waals surface area contributed by atoms with E-state index in [1.807, 2.05) is 0 Å². The number of likely N-dealkylation sites (tertiary alicyclic amines) is 1. The fourth-order valence-corrected chi connectivity index (χ4v) is 6.43. The Morgan fingerprint density at radius 3 is 2.24 bits per heavy atom. The number of rotatable bonds is 7. The third kappa shape index (κ3) is 6.45. The van der Waals surface area contributed by atoms with Gasteiger partial charge < -0.3 is 15.4 Å². The molecule has 2 aliphatic heterocycles. The summed E-state index contributed by atoms with van der Waals surface area (Å²) in [6.07, 6.45) is -0.857. The quantitative estimate of drug-likeness (QED) is 0.328. The van der Waals surface area contributed by atoms with E-state index in [0.717, 1.165) is 55.9 Å². The van der Waals surface area contributed by atoms with Gasteiger partial charge in [0.05, 0.1) is 11.3 Å². The Labute approximate surface area is 242 Å². The summed E-state index contributed by atoms with van der Waals surface area (Å²) in [5.74, 6) is -0.828. The van der Waals surface area contributed by atoms with E-state index in [0.29, 0.717) is 36.3 Å². The standard InChI is InChI=1S/C31H35F4N3O4/c32-25-5-2-22(3-6-25)27(39)23-10-16-37(17-11-23)15-9-20-7-13-30(14-8-20,28(36)40)42-29(41)38-18-12-21-1-4-24(19-26(21)38)31(33,34)35/h1-6,19-20,23H,7-18H2,(H2,36,40). The Morgan fingerprint density at radius 1 is 0.952 bits per heavy atom. The van der Waals surface area contributed by atoms with E-state index in [-0.39, 0.29) is 42.6 Å². The highest BCUT2D eigenvalue weighted by Gasteiger charge is 2.46. The maximum Gasteiger partial charge on any atom is 0.416 e. The van der Waals surface area contributed by atoms with Gasteiger partial charge in [-0.05, 0) is 119 Å². The maximum absolute atomic E-state index is 13.2. The number of hydrogen-bond donors (Lipinski definition) is 1. The molecule has 1 saturated carbocycles. The molecular weight excluding hydrogens is 554 g/mol. The van der Waals surface area contributed by atoms with Crippen molar-refractivity contribution < 1.29 is 36.7 Å². The molecule has 2 N–H and O–H groups in total. The predicted molar refractivity (Wildman–Crippen MR) is 147 cm³/mol. The minimum absolute atomic E-state index is 0.0532. The molecule has 2 aromatic carbocycles. The van der Waals surface area contributed by atoms with Crippen LogP contribution in [0.15, 0.2) is 42.5 Å². The van der Waals surface area contributed by atoms with Crippen LogP contribution in [-0.4, -0.2) is 54.5 Å². The molecule has 5 rings (SSSR count). The molecular formula is C31H35F4N3O4. The molecule has 2 heterocycles. The largest absolute Gasteiger partial charge is 0.432 e. The van der Waals surface area contributed by atoms with E-state index >= 15 is 0 Å². The number of ether oxygens (including phenoxy) is 1. The molecule has 0 radical (unpaired) electrons. The zero-order valence-electron chi connectivity index (χ0n) is 23.3. The molecule has 1 aliphatic carbocycles. The summed E-state index contributed by atoms with van der Waals surface area (Å²) in [4.78, 5) is 41.8.